The first-order valence-corrected chi connectivity index (χ1v) is 7.65. The van der Waals surface area contributed by atoms with Crippen LogP contribution in [0.5, 0.6) is 0 Å². The van der Waals surface area contributed by atoms with Crippen LogP contribution >= 0.6 is 0 Å². The van der Waals surface area contributed by atoms with Gasteiger partial charge in [-0.25, -0.2) is 0 Å². The number of rotatable bonds is 6. The Bertz CT molecular complexity index is 346. The molecule has 0 atom stereocenters. The molecular weight excluding hydrogens is 240 g/mol. The van der Waals surface area contributed by atoms with Crippen LogP contribution in [-0.4, -0.2) is 29.8 Å². The maximum Gasteiger partial charge on any atom is 0.237 e. The summed E-state index contributed by atoms with van der Waals surface area (Å²) in [5.41, 5.74) is 5.01. The Morgan fingerprint density at radius 3 is 2.58 bits per heavy atom. The molecule has 2 rings (SSSR count). The highest BCUT2D eigenvalue weighted by atomic mass is 16.2. The van der Waals surface area contributed by atoms with Crippen molar-refractivity contribution < 1.29 is 9.59 Å². The lowest BCUT2D eigenvalue weighted by Crippen LogP contribution is -2.63. The molecule has 1 saturated heterocycles. The molecule has 4 heteroatoms. The van der Waals surface area contributed by atoms with Crippen molar-refractivity contribution >= 4 is 11.8 Å². The standard InChI is InChI=1S/C15H26N2O2/c1-2-3-4-5-12-6-8-15(9-7-12)11-17(14(15)19)10-13(16)18/h12H,2-11H2,1H3,(H2,16,18). The first-order valence-electron chi connectivity index (χ1n) is 7.65. The zero-order valence-electron chi connectivity index (χ0n) is 12.0. The van der Waals surface area contributed by atoms with E-state index < -0.39 is 5.91 Å². The molecule has 19 heavy (non-hydrogen) atoms. The number of hydrogen-bond donors (Lipinski definition) is 1. The Morgan fingerprint density at radius 2 is 2.05 bits per heavy atom. The molecule has 2 fully saturated rings. The van der Waals surface area contributed by atoms with Crippen molar-refractivity contribution in [3.8, 4) is 0 Å². The third kappa shape index (κ3) is 3.10. The molecule has 0 radical (unpaired) electrons. The highest BCUT2D eigenvalue weighted by molar-refractivity contribution is 5.92. The molecular formula is C15H26N2O2. The SMILES string of the molecule is CCCCCC1CCC2(CC1)CN(CC(N)=O)C2=O. The Balaban J connectivity index is 1.75. The summed E-state index contributed by atoms with van der Waals surface area (Å²) in [6.07, 6.45) is 9.64. The van der Waals surface area contributed by atoms with Gasteiger partial charge in [-0.15, -0.1) is 0 Å². The third-order valence-corrected chi connectivity index (χ3v) is 4.86. The van der Waals surface area contributed by atoms with E-state index in [1.807, 2.05) is 0 Å². The van der Waals surface area contributed by atoms with Gasteiger partial charge >= 0.3 is 0 Å². The van der Waals surface area contributed by atoms with Gasteiger partial charge in [0.15, 0.2) is 0 Å². The van der Waals surface area contributed by atoms with Crippen molar-refractivity contribution in [2.45, 2.75) is 58.3 Å². The maximum atomic E-state index is 12.2. The molecule has 0 aromatic rings. The molecule has 0 aromatic carbocycles. The van der Waals surface area contributed by atoms with Crippen LogP contribution in [0.25, 0.3) is 0 Å². The van der Waals surface area contributed by atoms with Gasteiger partial charge < -0.3 is 10.6 Å². The van der Waals surface area contributed by atoms with Crippen molar-refractivity contribution in [2.24, 2.45) is 17.1 Å². The van der Waals surface area contributed by atoms with E-state index in [-0.39, 0.29) is 17.9 Å². The average Bonchev–Trinajstić information content (AvgIpc) is 2.39. The van der Waals surface area contributed by atoms with Crippen LogP contribution < -0.4 is 5.73 Å². The molecule has 1 aliphatic heterocycles. The second-order valence-corrected chi connectivity index (χ2v) is 6.35. The Morgan fingerprint density at radius 1 is 1.37 bits per heavy atom. The summed E-state index contributed by atoms with van der Waals surface area (Å²) >= 11 is 0. The number of unbranched alkanes of at least 4 members (excludes halogenated alkanes) is 2. The summed E-state index contributed by atoms with van der Waals surface area (Å²) in [6, 6.07) is 0. The van der Waals surface area contributed by atoms with Crippen molar-refractivity contribution in [3.05, 3.63) is 0 Å². The lowest BCUT2D eigenvalue weighted by Gasteiger charge is -2.51. The van der Waals surface area contributed by atoms with E-state index >= 15 is 0 Å². The Kier molecular flexibility index (Phi) is 4.48. The number of primary amides is 1. The average molecular weight is 266 g/mol. The van der Waals surface area contributed by atoms with E-state index in [0.29, 0.717) is 0 Å². The molecule has 2 aliphatic rings. The van der Waals surface area contributed by atoms with Gasteiger partial charge in [0.05, 0.1) is 12.0 Å². The van der Waals surface area contributed by atoms with Crippen LogP contribution in [0.3, 0.4) is 0 Å². The first kappa shape index (κ1) is 14.4. The summed E-state index contributed by atoms with van der Waals surface area (Å²) in [4.78, 5) is 24.6. The topological polar surface area (TPSA) is 63.4 Å². The van der Waals surface area contributed by atoms with Crippen molar-refractivity contribution in [3.63, 3.8) is 0 Å². The lowest BCUT2D eigenvalue weighted by molar-refractivity contribution is -0.166. The van der Waals surface area contributed by atoms with Crippen LogP contribution in [0.15, 0.2) is 0 Å². The fourth-order valence-corrected chi connectivity index (χ4v) is 3.64. The molecule has 2 N–H and O–H groups in total. The van der Waals surface area contributed by atoms with Gasteiger partial charge in [-0.3, -0.25) is 9.59 Å². The van der Waals surface area contributed by atoms with Crippen LogP contribution in [0.4, 0.5) is 0 Å². The molecule has 0 unspecified atom stereocenters. The smallest absolute Gasteiger partial charge is 0.237 e. The second-order valence-electron chi connectivity index (χ2n) is 6.35. The number of nitrogens with two attached hydrogens (primary N) is 1. The van der Waals surface area contributed by atoms with Crippen molar-refractivity contribution in [1.82, 2.24) is 4.90 Å². The van der Waals surface area contributed by atoms with E-state index in [9.17, 15) is 9.59 Å². The highest BCUT2D eigenvalue weighted by Crippen LogP contribution is 2.47. The highest BCUT2D eigenvalue weighted by Gasteiger charge is 2.53. The summed E-state index contributed by atoms with van der Waals surface area (Å²) in [7, 11) is 0. The monoisotopic (exact) mass is 266 g/mol. The van der Waals surface area contributed by atoms with Crippen molar-refractivity contribution in [1.29, 1.82) is 0 Å². The second kappa shape index (κ2) is 5.93. The number of nitrogens with zero attached hydrogens (tertiary/aromatic N) is 1. The first-order chi connectivity index (χ1) is 9.07. The lowest BCUT2D eigenvalue weighted by atomic mass is 9.64. The Labute approximate surface area is 115 Å². The number of β-lactam (4-membered cyclic amide) rings is 1. The van der Waals surface area contributed by atoms with Gasteiger partial charge in [0.1, 0.15) is 0 Å². The number of likely N-dealkylation sites (tertiary alicyclic amines) is 1. The third-order valence-electron chi connectivity index (χ3n) is 4.86. The molecule has 0 aromatic heterocycles. The molecule has 2 amide bonds. The molecule has 4 nitrogen and oxygen atoms in total. The summed E-state index contributed by atoms with van der Waals surface area (Å²) in [5, 5.41) is 0. The zero-order valence-corrected chi connectivity index (χ0v) is 12.0. The van der Waals surface area contributed by atoms with Gasteiger partial charge in [-0.05, 0) is 31.6 Å². The number of carbonyl (C=O) groups is 2. The normalized spacial score (nSPS) is 30.5. The zero-order chi connectivity index (χ0) is 13.9. The summed E-state index contributed by atoms with van der Waals surface area (Å²) in [6.45, 7) is 3.08. The van der Waals surface area contributed by atoms with E-state index in [2.05, 4.69) is 6.92 Å². The van der Waals surface area contributed by atoms with Gasteiger partial charge in [0.25, 0.3) is 0 Å². The molecule has 1 heterocycles. The van der Waals surface area contributed by atoms with E-state index in [0.717, 1.165) is 25.3 Å². The van der Waals surface area contributed by atoms with Crippen LogP contribution in [-0.2, 0) is 9.59 Å². The Hall–Kier alpha value is -1.06. The predicted molar refractivity (Wildman–Crippen MR) is 74.3 cm³/mol. The molecule has 108 valence electrons. The largest absolute Gasteiger partial charge is 0.368 e. The fourth-order valence-electron chi connectivity index (χ4n) is 3.64. The van der Waals surface area contributed by atoms with Crippen molar-refractivity contribution in [2.75, 3.05) is 13.1 Å². The van der Waals surface area contributed by atoms with E-state index in [1.54, 1.807) is 4.90 Å². The van der Waals surface area contributed by atoms with Gasteiger partial charge in [-0.2, -0.15) is 0 Å². The maximum absolute atomic E-state index is 12.2. The minimum atomic E-state index is -0.406. The minimum Gasteiger partial charge on any atom is -0.368 e. The predicted octanol–water partition coefficient (Wildman–Crippen LogP) is 2.07. The molecule has 0 bridgehead atoms. The van der Waals surface area contributed by atoms with E-state index in [4.69, 9.17) is 5.73 Å². The van der Waals surface area contributed by atoms with Gasteiger partial charge in [-0.1, -0.05) is 32.6 Å². The summed E-state index contributed by atoms with van der Waals surface area (Å²) in [5.74, 6) is 0.574. The molecule has 1 spiro atoms. The van der Waals surface area contributed by atoms with Gasteiger partial charge in [0.2, 0.25) is 11.8 Å². The quantitative estimate of drug-likeness (QED) is 0.591. The summed E-state index contributed by atoms with van der Waals surface area (Å²) < 4.78 is 0. The van der Waals surface area contributed by atoms with Gasteiger partial charge in [0, 0.05) is 6.54 Å². The number of carbonyl (C=O) groups excluding carboxylic acids is 2. The van der Waals surface area contributed by atoms with Crippen LogP contribution in [0.1, 0.15) is 58.3 Å². The fraction of sp³-hybridized carbons (Fsp3) is 0.867. The number of hydrogen-bond acceptors (Lipinski definition) is 2. The van der Waals surface area contributed by atoms with E-state index in [1.165, 1.54) is 38.5 Å². The number of amides is 2. The molecule has 1 aliphatic carbocycles. The van der Waals surface area contributed by atoms with Crippen LogP contribution in [0, 0.1) is 11.3 Å². The van der Waals surface area contributed by atoms with Crippen LogP contribution in [0.2, 0.25) is 0 Å². The minimum absolute atomic E-state index is 0.0977. The molecule has 1 saturated carbocycles.